The molecule has 0 radical (unpaired) electrons. The number of hydrogen-bond acceptors (Lipinski definition) is 5. The van der Waals surface area contributed by atoms with Crippen molar-refractivity contribution in [1.29, 1.82) is 0 Å². The molecule has 0 saturated heterocycles. The summed E-state index contributed by atoms with van der Waals surface area (Å²) in [7, 11) is 0. The minimum atomic E-state index is -0.137. The van der Waals surface area contributed by atoms with E-state index in [1.165, 1.54) is 24.3 Å². The molecule has 1 aromatic heterocycles. The second kappa shape index (κ2) is 5.85. The van der Waals surface area contributed by atoms with E-state index in [1.54, 1.807) is 6.07 Å². The SMILES string of the molecule is CC(C)=CCc1c(O)cc2oc(-c3ccc(O)cc3O)cc2c1O. The Bertz CT molecular complexity index is 946. The highest BCUT2D eigenvalue weighted by atomic mass is 16.3. The van der Waals surface area contributed by atoms with Crippen molar-refractivity contribution in [3.8, 4) is 34.3 Å². The minimum absolute atomic E-state index is 0.0456. The second-order valence-corrected chi connectivity index (χ2v) is 5.93. The highest BCUT2D eigenvalue weighted by Gasteiger charge is 2.18. The first-order valence-corrected chi connectivity index (χ1v) is 7.50. The zero-order valence-electron chi connectivity index (χ0n) is 13.4. The molecule has 2 aromatic carbocycles. The fourth-order valence-electron chi connectivity index (χ4n) is 2.56. The standard InChI is InChI=1S/C19H18O5/c1-10(2)3-5-13-16(22)9-18-14(19(13)23)8-17(24-18)12-6-4-11(20)7-15(12)21/h3-4,6-9,20-23H,5H2,1-2H3. The third-order valence-corrected chi connectivity index (χ3v) is 3.84. The highest BCUT2D eigenvalue weighted by molar-refractivity contribution is 5.91. The van der Waals surface area contributed by atoms with Crippen LogP contribution in [-0.2, 0) is 6.42 Å². The number of benzene rings is 2. The predicted octanol–water partition coefficient (Wildman–Crippen LogP) is 4.43. The molecule has 4 N–H and O–H groups in total. The lowest BCUT2D eigenvalue weighted by molar-refractivity contribution is 0.444. The van der Waals surface area contributed by atoms with Crippen LogP contribution in [0.25, 0.3) is 22.3 Å². The molecule has 0 aliphatic carbocycles. The Morgan fingerprint density at radius 1 is 1.00 bits per heavy atom. The first-order valence-electron chi connectivity index (χ1n) is 7.50. The number of phenols is 4. The monoisotopic (exact) mass is 326 g/mol. The molecule has 0 aliphatic heterocycles. The van der Waals surface area contributed by atoms with Crippen molar-refractivity contribution in [3.63, 3.8) is 0 Å². The largest absolute Gasteiger partial charge is 0.508 e. The normalized spacial score (nSPS) is 10.9. The van der Waals surface area contributed by atoms with E-state index in [1.807, 2.05) is 19.9 Å². The molecular weight excluding hydrogens is 308 g/mol. The zero-order valence-corrected chi connectivity index (χ0v) is 13.4. The van der Waals surface area contributed by atoms with Crippen LogP contribution in [0.3, 0.4) is 0 Å². The van der Waals surface area contributed by atoms with E-state index in [0.29, 0.717) is 34.3 Å². The third-order valence-electron chi connectivity index (χ3n) is 3.84. The van der Waals surface area contributed by atoms with Gasteiger partial charge in [-0.2, -0.15) is 0 Å². The van der Waals surface area contributed by atoms with E-state index in [9.17, 15) is 20.4 Å². The van der Waals surface area contributed by atoms with Gasteiger partial charge in [0.15, 0.2) is 0 Å². The van der Waals surface area contributed by atoms with Crippen LogP contribution in [0.1, 0.15) is 19.4 Å². The molecule has 0 saturated carbocycles. The molecule has 0 fully saturated rings. The van der Waals surface area contributed by atoms with Crippen LogP contribution in [-0.4, -0.2) is 20.4 Å². The van der Waals surface area contributed by atoms with Gasteiger partial charge in [0.25, 0.3) is 0 Å². The van der Waals surface area contributed by atoms with Crippen LogP contribution in [0, 0.1) is 0 Å². The molecule has 3 aromatic rings. The summed E-state index contributed by atoms with van der Waals surface area (Å²) in [5.41, 5.74) is 2.20. The molecule has 0 spiro atoms. The molecule has 124 valence electrons. The number of aromatic hydroxyl groups is 4. The van der Waals surface area contributed by atoms with Crippen molar-refractivity contribution >= 4 is 11.0 Å². The van der Waals surface area contributed by atoms with Gasteiger partial charge in [-0.1, -0.05) is 11.6 Å². The average Bonchev–Trinajstić information content (AvgIpc) is 2.90. The Morgan fingerprint density at radius 2 is 1.75 bits per heavy atom. The lowest BCUT2D eigenvalue weighted by Crippen LogP contribution is -1.85. The lowest BCUT2D eigenvalue weighted by Gasteiger charge is -2.06. The van der Waals surface area contributed by atoms with Gasteiger partial charge in [0, 0.05) is 17.7 Å². The van der Waals surface area contributed by atoms with Gasteiger partial charge in [0.1, 0.15) is 34.3 Å². The Hall–Kier alpha value is -3.08. The second-order valence-electron chi connectivity index (χ2n) is 5.93. The summed E-state index contributed by atoms with van der Waals surface area (Å²) in [5, 5.41) is 40.4. The number of allylic oxidation sites excluding steroid dienone is 2. The van der Waals surface area contributed by atoms with Crippen molar-refractivity contribution in [1.82, 2.24) is 0 Å². The van der Waals surface area contributed by atoms with E-state index in [-0.39, 0.29) is 23.0 Å². The molecule has 3 rings (SSSR count). The van der Waals surface area contributed by atoms with E-state index < -0.39 is 0 Å². The van der Waals surface area contributed by atoms with Crippen LogP contribution >= 0.6 is 0 Å². The molecule has 5 heteroatoms. The van der Waals surface area contributed by atoms with Crippen molar-refractivity contribution < 1.29 is 24.8 Å². The van der Waals surface area contributed by atoms with E-state index in [0.717, 1.165) is 5.57 Å². The van der Waals surface area contributed by atoms with E-state index in [2.05, 4.69) is 0 Å². The molecule has 0 aliphatic rings. The predicted molar refractivity (Wildman–Crippen MR) is 91.4 cm³/mol. The number of fused-ring (bicyclic) bond motifs is 1. The molecular formula is C19H18O5. The maximum Gasteiger partial charge on any atom is 0.142 e. The van der Waals surface area contributed by atoms with Crippen molar-refractivity contribution in [3.05, 3.63) is 47.5 Å². The molecule has 24 heavy (non-hydrogen) atoms. The fourth-order valence-corrected chi connectivity index (χ4v) is 2.56. The van der Waals surface area contributed by atoms with Crippen LogP contribution in [0.5, 0.6) is 23.0 Å². The van der Waals surface area contributed by atoms with Crippen LogP contribution in [0.4, 0.5) is 0 Å². The summed E-state index contributed by atoms with van der Waals surface area (Å²) in [5.74, 6) is 0.0417. The molecule has 5 nitrogen and oxygen atoms in total. The lowest BCUT2D eigenvalue weighted by atomic mass is 10.0. The Morgan fingerprint density at radius 3 is 2.42 bits per heavy atom. The quantitative estimate of drug-likeness (QED) is 0.534. The van der Waals surface area contributed by atoms with Crippen LogP contribution in [0.15, 0.2) is 46.4 Å². The topological polar surface area (TPSA) is 94.1 Å². The minimum Gasteiger partial charge on any atom is -0.508 e. The van der Waals surface area contributed by atoms with Gasteiger partial charge >= 0.3 is 0 Å². The first kappa shape index (κ1) is 15.8. The Balaban J connectivity index is 2.14. The van der Waals surface area contributed by atoms with E-state index >= 15 is 0 Å². The van der Waals surface area contributed by atoms with E-state index in [4.69, 9.17) is 4.42 Å². The summed E-state index contributed by atoms with van der Waals surface area (Å²) in [6, 6.07) is 7.20. The molecule has 0 bridgehead atoms. The fraction of sp³-hybridized carbons (Fsp3) is 0.158. The highest BCUT2D eigenvalue weighted by Crippen LogP contribution is 2.42. The van der Waals surface area contributed by atoms with Gasteiger partial charge in [0.05, 0.1) is 10.9 Å². The van der Waals surface area contributed by atoms with Crippen LogP contribution < -0.4 is 0 Å². The number of phenolic OH excluding ortho intramolecular Hbond substituents is 4. The molecule has 0 unspecified atom stereocenters. The van der Waals surface area contributed by atoms with Crippen molar-refractivity contribution in [2.45, 2.75) is 20.3 Å². The molecule has 0 atom stereocenters. The molecule has 0 amide bonds. The van der Waals surface area contributed by atoms with Crippen LogP contribution in [0.2, 0.25) is 0 Å². The van der Waals surface area contributed by atoms with Gasteiger partial charge in [-0.05, 0) is 38.5 Å². The summed E-state index contributed by atoms with van der Waals surface area (Å²) in [4.78, 5) is 0. The van der Waals surface area contributed by atoms with Crippen molar-refractivity contribution in [2.24, 2.45) is 0 Å². The number of furan rings is 1. The first-order chi connectivity index (χ1) is 11.4. The third kappa shape index (κ3) is 2.76. The molecule has 1 heterocycles. The maximum atomic E-state index is 10.5. The van der Waals surface area contributed by atoms with Crippen molar-refractivity contribution in [2.75, 3.05) is 0 Å². The van der Waals surface area contributed by atoms with Gasteiger partial charge in [-0.15, -0.1) is 0 Å². The van der Waals surface area contributed by atoms with Gasteiger partial charge in [0.2, 0.25) is 0 Å². The summed E-state index contributed by atoms with van der Waals surface area (Å²) in [6.45, 7) is 3.88. The maximum absolute atomic E-state index is 10.5. The average molecular weight is 326 g/mol. The van der Waals surface area contributed by atoms with Gasteiger partial charge in [-0.3, -0.25) is 0 Å². The Labute approximate surface area is 138 Å². The summed E-state index contributed by atoms with van der Waals surface area (Å²) in [6.07, 6.45) is 2.31. The van der Waals surface area contributed by atoms with Gasteiger partial charge < -0.3 is 24.8 Å². The zero-order chi connectivity index (χ0) is 17.4. The number of rotatable bonds is 3. The number of hydrogen-bond donors (Lipinski definition) is 4. The Kier molecular flexibility index (Phi) is 3.85. The van der Waals surface area contributed by atoms with Gasteiger partial charge in [-0.25, -0.2) is 0 Å². The smallest absolute Gasteiger partial charge is 0.142 e. The summed E-state index contributed by atoms with van der Waals surface area (Å²) < 4.78 is 5.64. The summed E-state index contributed by atoms with van der Waals surface area (Å²) >= 11 is 0.